The van der Waals surface area contributed by atoms with E-state index >= 15 is 0 Å². The number of aryl methyl sites for hydroxylation is 2. The molecule has 4 aromatic rings. The van der Waals surface area contributed by atoms with E-state index in [1.807, 2.05) is 44.2 Å². The molecule has 0 fully saturated rings. The van der Waals surface area contributed by atoms with Gasteiger partial charge in [-0.05, 0) is 38.1 Å². The van der Waals surface area contributed by atoms with Crippen molar-refractivity contribution in [3.63, 3.8) is 0 Å². The molecule has 4 rings (SSSR count). The fraction of sp³-hybridized carbons (Fsp3) is 0.269. The Kier molecular flexibility index (Phi) is 7.59. The van der Waals surface area contributed by atoms with Gasteiger partial charge in [0.1, 0.15) is 18.1 Å². The first-order chi connectivity index (χ1) is 17.0. The molecule has 0 saturated carbocycles. The van der Waals surface area contributed by atoms with Gasteiger partial charge in [0.15, 0.2) is 17.2 Å². The number of aromatic nitrogens is 3. The number of nitrogen functional groups attached to an aromatic ring is 1. The molecule has 0 bridgehead atoms. The van der Waals surface area contributed by atoms with E-state index in [0.717, 1.165) is 11.1 Å². The Morgan fingerprint density at radius 2 is 1.83 bits per heavy atom. The van der Waals surface area contributed by atoms with Gasteiger partial charge < -0.3 is 30.4 Å². The third kappa shape index (κ3) is 5.59. The maximum absolute atomic E-state index is 8.88. The summed E-state index contributed by atoms with van der Waals surface area (Å²) in [6, 6.07) is 13.0. The molecule has 0 aliphatic carbocycles. The molecule has 0 atom stereocenters. The Bertz CT molecular complexity index is 1330. The van der Waals surface area contributed by atoms with Gasteiger partial charge in [0.2, 0.25) is 0 Å². The van der Waals surface area contributed by atoms with Crippen molar-refractivity contribution in [2.24, 2.45) is 0 Å². The SMILES string of the molecule is COc1cc2c(Oc3cc(N)c(C)nc3-c3cccc(C)n3)ccnc2cc1OCCNCCO. The van der Waals surface area contributed by atoms with E-state index in [-0.39, 0.29) is 6.61 Å². The standard InChI is InChI=1S/C26H29N5O4/c1-16-5-4-6-20(30-16)26-25(14-19(27)17(2)31-26)35-22-7-8-29-21-15-24(23(33-3)13-18(21)22)34-12-10-28-9-11-32/h4-8,13-15,28,32H,9-12,27H2,1-3H3. The number of hydrogen-bond acceptors (Lipinski definition) is 9. The fourth-order valence-corrected chi connectivity index (χ4v) is 3.58. The number of pyridine rings is 3. The van der Waals surface area contributed by atoms with Crippen LogP contribution in [0.5, 0.6) is 23.0 Å². The minimum atomic E-state index is 0.0792. The number of anilines is 1. The number of fused-ring (bicyclic) bond motifs is 1. The molecule has 0 spiro atoms. The summed E-state index contributed by atoms with van der Waals surface area (Å²) in [6.45, 7) is 5.38. The molecule has 0 saturated heterocycles. The van der Waals surface area contributed by atoms with Crippen molar-refractivity contribution in [3.8, 4) is 34.4 Å². The van der Waals surface area contributed by atoms with Crippen molar-refractivity contribution in [2.45, 2.75) is 13.8 Å². The number of nitrogens with one attached hydrogen (secondary N) is 1. The van der Waals surface area contributed by atoms with Gasteiger partial charge in [-0.15, -0.1) is 0 Å². The number of ether oxygens (including phenoxy) is 3. The number of rotatable bonds is 10. The topological polar surface area (TPSA) is 125 Å². The Labute approximate surface area is 203 Å². The van der Waals surface area contributed by atoms with Gasteiger partial charge >= 0.3 is 0 Å². The average molecular weight is 476 g/mol. The molecule has 0 aliphatic heterocycles. The van der Waals surface area contributed by atoms with E-state index < -0.39 is 0 Å². The van der Waals surface area contributed by atoms with Crippen LogP contribution in [-0.4, -0.2) is 53.5 Å². The quantitative estimate of drug-likeness (QED) is 0.295. The zero-order valence-electron chi connectivity index (χ0n) is 20.0. The predicted octanol–water partition coefficient (Wildman–Crippen LogP) is 3.65. The first-order valence-corrected chi connectivity index (χ1v) is 11.3. The van der Waals surface area contributed by atoms with Crippen LogP contribution >= 0.6 is 0 Å². The summed E-state index contributed by atoms with van der Waals surface area (Å²) in [5.74, 6) is 2.19. The van der Waals surface area contributed by atoms with E-state index in [0.29, 0.717) is 71.0 Å². The zero-order valence-corrected chi connectivity index (χ0v) is 20.0. The van der Waals surface area contributed by atoms with Crippen molar-refractivity contribution in [1.82, 2.24) is 20.3 Å². The second kappa shape index (κ2) is 11.0. The van der Waals surface area contributed by atoms with Crippen LogP contribution in [0.15, 0.2) is 48.7 Å². The van der Waals surface area contributed by atoms with Gasteiger partial charge in [-0.1, -0.05) is 6.07 Å². The van der Waals surface area contributed by atoms with E-state index in [4.69, 9.17) is 25.1 Å². The summed E-state index contributed by atoms with van der Waals surface area (Å²) in [7, 11) is 1.58. The lowest BCUT2D eigenvalue weighted by atomic mass is 10.1. The third-order valence-electron chi connectivity index (χ3n) is 5.38. The normalized spacial score (nSPS) is 11.0. The van der Waals surface area contributed by atoms with Crippen LogP contribution in [0.4, 0.5) is 5.69 Å². The lowest BCUT2D eigenvalue weighted by Crippen LogP contribution is -2.24. The molecule has 9 nitrogen and oxygen atoms in total. The number of nitrogens with two attached hydrogens (primary N) is 1. The van der Waals surface area contributed by atoms with Crippen LogP contribution < -0.4 is 25.3 Å². The summed E-state index contributed by atoms with van der Waals surface area (Å²) in [5, 5.41) is 12.7. The number of aliphatic hydroxyl groups excluding tert-OH is 1. The van der Waals surface area contributed by atoms with E-state index in [2.05, 4.69) is 20.3 Å². The molecule has 0 amide bonds. The highest BCUT2D eigenvalue weighted by Crippen LogP contribution is 2.39. The highest BCUT2D eigenvalue weighted by atomic mass is 16.5. The molecule has 3 aromatic heterocycles. The average Bonchev–Trinajstić information content (AvgIpc) is 2.85. The molecule has 0 aliphatic rings. The summed E-state index contributed by atoms with van der Waals surface area (Å²) in [5.41, 5.74) is 10.3. The van der Waals surface area contributed by atoms with Gasteiger partial charge in [-0.25, -0.2) is 4.98 Å². The smallest absolute Gasteiger partial charge is 0.163 e. The van der Waals surface area contributed by atoms with E-state index in [1.54, 1.807) is 25.4 Å². The maximum atomic E-state index is 8.88. The molecule has 0 radical (unpaired) electrons. The Hall–Kier alpha value is -3.95. The Morgan fingerprint density at radius 1 is 0.971 bits per heavy atom. The van der Waals surface area contributed by atoms with Crippen molar-refractivity contribution < 1.29 is 19.3 Å². The molecular weight excluding hydrogens is 446 g/mol. The Morgan fingerprint density at radius 3 is 2.60 bits per heavy atom. The number of aliphatic hydroxyl groups is 1. The van der Waals surface area contributed by atoms with Crippen LogP contribution in [-0.2, 0) is 0 Å². The number of nitrogens with zero attached hydrogens (tertiary/aromatic N) is 3. The lowest BCUT2D eigenvalue weighted by Gasteiger charge is -2.16. The van der Waals surface area contributed by atoms with Crippen LogP contribution in [0.3, 0.4) is 0 Å². The molecule has 1 aromatic carbocycles. The van der Waals surface area contributed by atoms with Crippen LogP contribution in [0.1, 0.15) is 11.4 Å². The first-order valence-electron chi connectivity index (χ1n) is 11.3. The molecular formula is C26H29N5O4. The number of benzene rings is 1. The number of methoxy groups -OCH3 is 1. The molecule has 3 heterocycles. The first kappa shape index (κ1) is 24.2. The highest BCUT2D eigenvalue weighted by Gasteiger charge is 2.17. The molecule has 182 valence electrons. The molecule has 0 unspecified atom stereocenters. The second-order valence-corrected chi connectivity index (χ2v) is 7.93. The predicted molar refractivity (Wildman–Crippen MR) is 135 cm³/mol. The monoisotopic (exact) mass is 475 g/mol. The minimum absolute atomic E-state index is 0.0792. The molecule has 4 N–H and O–H groups in total. The minimum Gasteiger partial charge on any atom is -0.493 e. The summed E-state index contributed by atoms with van der Waals surface area (Å²) in [4.78, 5) is 13.8. The molecule has 35 heavy (non-hydrogen) atoms. The van der Waals surface area contributed by atoms with Gasteiger partial charge in [-0.3, -0.25) is 9.97 Å². The lowest BCUT2D eigenvalue weighted by molar-refractivity contribution is 0.269. The van der Waals surface area contributed by atoms with Gasteiger partial charge in [0, 0.05) is 42.5 Å². The second-order valence-electron chi connectivity index (χ2n) is 7.93. The van der Waals surface area contributed by atoms with Crippen molar-refractivity contribution in [1.29, 1.82) is 0 Å². The summed E-state index contributed by atoms with van der Waals surface area (Å²) in [6.07, 6.45) is 1.67. The van der Waals surface area contributed by atoms with Crippen LogP contribution in [0.2, 0.25) is 0 Å². The van der Waals surface area contributed by atoms with Crippen LogP contribution in [0.25, 0.3) is 22.3 Å². The van der Waals surface area contributed by atoms with Crippen LogP contribution in [0, 0.1) is 13.8 Å². The highest BCUT2D eigenvalue weighted by molar-refractivity contribution is 5.88. The maximum Gasteiger partial charge on any atom is 0.163 e. The molecule has 9 heteroatoms. The summed E-state index contributed by atoms with van der Waals surface area (Å²) < 4.78 is 17.8. The fourth-order valence-electron chi connectivity index (χ4n) is 3.58. The van der Waals surface area contributed by atoms with E-state index in [9.17, 15) is 0 Å². The van der Waals surface area contributed by atoms with E-state index in [1.165, 1.54) is 0 Å². The van der Waals surface area contributed by atoms with Gasteiger partial charge in [0.25, 0.3) is 0 Å². The zero-order chi connectivity index (χ0) is 24.8. The third-order valence-corrected chi connectivity index (χ3v) is 5.38. The Balaban J connectivity index is 1.70. The van der Waals surface area contributed by atoms with Crippen molar-refractivity contribution in [3.05, 3.63) is 60.0 Å². The largest absolute Gasteiger partial charge is 0.493 e. The van der Waals surface area contributed by atoms with Gasteiger partial charge in [-0.2, -0.15) is 0 Å². The van der Waals surface area contributed by atoms with Crippen molar-refractivity contribution >= 4 is 16.6 Å². The summed E-state index contributed by atoms with van der Waals surface area (Å²) >= 11 is 0. The van der Waals surface area contributed by atoms with Crippen molar-refractivity contribution in [2.75, 3.05) is 39.1 Å². The van der Waals surface area contributed by atoms with Gasteiger partial charge in [0.05, 0.1) is 36.3 Å². The number of hydrogen-bond donors (Lipinski definition) is 3.